The van der Waals surface area contributed by atoms with Crippen LogP contribution >= 0.6 is 0 Å². The van der Waals surface area contributed by atoms with E-state index in [1.807, 2.05) is 6.07 Å². The first-order chi connectivity index (χ1) is 9.61. The van der Waals surface area contributed by atoms with E-state index >= 15 is 0 Å². The Hall–Kier alpha value is -2.62. The highest BCUT2D eigenvalue weighted by atomic mass is 16.6. The molecule has 2 rings (SSSR count). The van der Waals surface area contributed by atoms with Crippen LogP contribution in [0, 0.1) is 27.4 Å². The molecule has 0 atom stereocenters. The Morgan fingerprint density at radius 3 is 2.80 bits per heavy atom. The molecule has 1 aliphatic carbocycles. The van der Waals surface area contributed by atoms with Crippen LogP contribution in [0.5, 0.6) is 0 Å². The molecule has 104 valence electrons. The monoisotopic (exact) mass is 274 g/mol. The lowest BCUT2D eigenvalue weighted by Gasteiger charge is -2.08. The molecule has 1 aromatic carbocycles. The number of hydrogen-bond acceptors (Lipinski definition) is 5. The Balaban J connectivity index is 1.89. The number of nitrogens with one attached hydrogen (secondary N) is 2. The van der Waals surface area contributed by atoms with Crippen molar-refractivity contribution in [2.24, 2.45) is 5.92 Å². The largest absolute Gasteiger partial charge is 0.378 e. The third-order valence-corrected chi connectivity index (χ3v) is 3.01. The molecule has 0 saturated heterocycles. The maximum Gasteiger partial charge on any atom is 0.293 e. The molecule has 1 amide bonds. The summed E-state index contributed by atoms with van der Waals surface area (Å²) in [6.07, 6.45) is 1.89. The number of nitro groups is 1. The van der Waals surface area contributed by atoms with E-state index in [1.54, 1.807) is 0 Å². The molecule has 0 aliphatic heterocycles. The second-order valence-electron chi connectivity index (χ2n) is 4.59. The number of carbonyl (C=O) groups is 1. The van der Waals surface area contributed by atoms with Crippen molar-refractivity contribution in [1.29, 1.82) is 5.26 Å². The first-order valence-corrected chi connectivity index (χ1v) is 6.32. The summed E-state index contributed by atoms with van der Waals surface area (Å²) < 4.78 is 0. The number of nitrogens with zero attached hydrogens (tertiary/aromatic N) is 2. The van der Waals surface area contributed by atoms with Crippen LogP contribution in [-0.4, -0.2) is 23.9 Å². The van der Waals surface area contributed by atoms with Gasteiger partial charge in [0.1, 0.15) is 5.69 Å². The summed E-state index contributed by atoms with van der Waals surface area (Å²) >= 11 is 0. The molecule has 7 heteroatoms. The smallest absolute Gasteiger partial charge is 0.293 e. The minimum absolute atomic E-state index is 0.0427. The van der Waals surface area contributed by atoms with Crippen LogP contribution in [0.2, 0.25) is 0 Å². The van der Waals surface area contributed by atoms with Gasteiger partial charge >= 0.3 is 0 Å². The molecule has 0 unspecified atom stereocenters. The van der Waals surface area contributed by atoms with Crippen molar-refractivity contribution in [1.82, 2.24) is 5.32 Å². The predicted octanol–water partition coefficient (Wildman–Crippen LogP) is 1.40. The molecule has 0 heterocycles. The Bertz CT molecular complexity index is 575. The summed E-state index contributed by atoms with van der Waals surface area (Å²) in [6, 6.07) is 6.10. The molecule has 0 aromatic heterocycles. The van der Waals surface area contributed by atoms with Crippen LogP contribution in [0.15, 0.2) is 18.2 Å². The first-order valence-electron chi connectivity index (χ1n) is 6.32. The van der Waals surface area contributed by atoms with Crippen LogP contribution in [0.25, 0.3) is 0 Å². The van der Waals surface area contributed by atoms with Gasteiger partial charge in [-0.15, -0.1) is 0 Å². The lowest BCUT2D eigenvalue weighted by atomic mass is 10.2. The minimum atomic E-state index is -0.536. The van der Waals surface area contributed by atoms with Gasteiger partial charge in [-0.2, -0.15) is 5.26 Å². The third-order valence-electron chi connectivity index (χ3n) is 3.01. The Morgan fingerprint density at radius 1 is 1.45 bits per heavy atom. The fraction of sp³-hybridized carbons (Fsp3) is 0.385. The van der Waals surface area contributed by atoms with Gasteiger partial charge in [-0.3, -0.25) is 14.9 Å². The fourth-order valence-corrected chi connectivity index (χ4v) is 1.77. The highest BCUT2D eigenvalue weighted by Gasteiger charge is 2.29. The molecule has 1 aromatic rings. The predicted molar refractivity (Wildman–Crippen MR) is 72.0 cm³/mol. The highest BCUT2D eigenvalue weighted by Crippen LogP contribution is 2.28. The maximum absolute atomic E-state index is 11.4. The number of anilines is 1. The average Bonchev–Trinajstić information content (AvgIpc) is 3.27. The van der Waals surface area contributed by atoms with Crippen molar-refractivity contribution in [3.05, 3.63) is 33.9 Å². The standard InChI is InChI=1S/C13H14N4O3/c14-8-9-1-4-11(12(7-9)17(19)20)15-5-6-16-13(18)10-2-3-10/h1,4,7,10,15H,2-3,5-6H2,(H,16,18). The minimum Gasteiger partial charge on any atom is -0.378 e. The summed E-state index contributed by atoms with van der Waals surface area (Å²) in [7, 11) is 0. The van der Waals surface area contributed by atoms with Crippen LogP contribution in [-0.2, 0) is 4.79 Å². The van der Waals surface area contributed by atoms with Gasteiger partial charge in [0.05, 0.1) is 16.6 Å². The van der Waals surface area contributed by atoms with E-state index in [0.717, 1.165) is 12.8 Å². The number of nitriles is 1. The Labute approximate surface area is 115 Å². The van der Waals surface area contributed by atoms with Gasteiger partial charge in [-0.25, -0.2) is 0 Å². The zero-order chi connectivity index (χ0) is 14.5. The van der Waals surface area contributed by atoms with Gasteiger partial charge in [0.15, 0.2) is 0 Å². The summed E-state index contributed by atoms with van der Waals surface area (Å²) in [4.78, 5) is 21.8. The summed E-state index contributed by atoms with van der Waals surface area (Å²) in [5, 5.41) is 25.3. The summed E-state index contributed by atoms with van der Waals surface area (Å²) in [6.45, 7) is 0.803. The van der Waals surface area contributed by atoms with Crippen molar-refractivity contribution in [2.45, 2.75) is 12.8 Å². The summed E-state index contributed by atoms with van der Waals surface area (Å²) in [5.74, 6) is 0.195. The molecule has 1 saturated carbocycles. The van der Waals surface area contributed by atoms with Crippen LogP contribution in [0.3, 0.4) is 0 Å². The lowest BCUT2D eigenvalue weighted by Crippen LogP contribution is -2.29. The summed E-state index contributed by atoms with van der Waals surface area (Å²) in [5.41, 5.74) is 0.441. The molecule has 20 heavy (non-hydrogen) atoms. The Morgan fingerprint density at radius 2 is 2.20 bits per heavy atom. The van der Waals surface area contributed by atoms with Gasteiger partial charge in [-0.1, -0.05) is 0 Å². The SMILES string of the molecule is N#Cc1ccc(NCCNC(=O)C2CC2)c([N+](=O)[O-])c1. The molecule has 7 nitrogen and oxygen atoms in total. The molecule has 0 radical (unpaired) electrons. The molecule has 2 N–H and O–H groups in total. The molecule has 0 spiro atoms. The molecular weight excluding hydrogens is 260 g/mol. The van der Waals surface area contributed by atoms with Crippen molar-refractivity contribution in [3.63, 3.8) is 0 Å². The average molecular weight is 274 g/mol. The van der Waals surface area contributed by atoms with Gasteiger partial charge in [0.2, 0.25) is 5.91 Å². The zero-order valence-corrected chi connectivity index (χ0v) is 10.8. The van der Waals surface area contributed by atoms with Gasteiger partial charge in [0, 0.05) is 25.1 Å². The van der Waals surface area contributed by atoms with Crippen molar-refractivity contribution in [3.8, 4) is 6.07 Å². The van der Waals surface area contributed by atoms with E-state index in [2.05, 4.69) is 10.6 Å². The van der Waals surface area contributed by atoms with Gasteiger partial charge in [-0.05, 0) is 25.0 Å². The van der Waals surface area contributed by atoms with Gasteiger partial charge in [0.25, 0.3) is 5.69 Å². The third kappa shape index (κ3) is 3.45. The molecule has 0 bridgehead atoms. The number of amides is 1. The van der Waals surface area contributed by atoms with E-state index in [0.29, 0.717) is 18.8 Å². The van der Waals surface area contributed by atoms with Crippen molar-refractivity contribution < 1.29 is 9.72 Å². The molecular formula is C13H14N4O3. The number of nitro benzene ring substituents is 1. The maximum atomic E-state index is 11.4. The normalized spacial score (nSPS) is 13.3. The van der Waals surface area contributed by atoms with Crippen LogP contribution in [0.4, 0.5) is 11.4 Å². The lowest BCUT2D eigenvalue weighted by molar-refractivity contribution is -0.384. The zero-order valence-electron chi connectivity index (χ0n) is 10.8. The van der Waals surface area contributed by atoms with Crippen molar-refractivity contribution in [2.75, 3.05) is 18.4 Å². The topological polar surface area (TPSA) is 108 Å². The van der Waals surface area contributed by atoms with E-state index in [-0.39, 0.29) is 23.1 Å². The quantitative estimate of drug-likeness (QED) is 0.463. The van der Waals surface area contributed by atoms with Crippen molar-refractivity contribution >= 4 is 17.3 Å². The number of hydrogen-bond donors (Lipinski definition) is 2. The highest BCUT2D eigenvalue weighted by molar-refractivity contribution is 5.80. The van der Waals surface area contributed by atoms with Gasteiger partial charge < -0.3 is 10.6 Å². The second-order valence-corrected chi connectivity index (χ2v) is 4.59. The Kier molecular flexibility index (Phi) is 4.15. The number of rotatable bonds is 6. The molecule has 1 aliphatic rings. The molecule has 1 fully saturated rings. The fourth-order valence-electron chi connectivity index (χ4n) is 1.77. The van der Waals surface area contributed by atoms with Crippen LogP contribution < -0.4 is 10.6 Å². The van der Waals surface area contributed by atoms with E-state index in [9.17, 15) is 14.9 Å². The van der Waals surface area contributed by atoms with Crippen LogP contribution in [0.1, 0.15) is 18.4 Å². The number of carbonyl (C=O) groups excluding carboxylic acids is 1. The first kappa shape index (κ1) is 13.8. The van der Waals surface area contributed by atoms with E-state index < -0.39 is 4.92 Å². The number of benzene rings is 1. The van der Waals surface area contributed by atoms with E-state index in [4.69, 9.17) is 5.26 Å². The van der Waals surface area contributed by atoms with E-state index in [1.165, 1.54) is 18.2 Å². The second kappa shape index (κ2) is 6.02.